The maximum Gasteiger partial charge on any atom is 0.243 e. The van der Waals surface area contributed by atoms with E-state index < -0.39 is 10.0 Å². The van der Waals surface area contributed by atoms with Crippen molar-refractivity contribution in [3.63, 3.8) is 0 Å². The summed E-state index contributed by atoms with van der Waals surface area (Å²) in [7, 11) is -3.41. The average molecular weight is 376 g/mol. The van der Waals surface area contributed by atoms with Crippen LogP contribution in [0.1, 0.15) is 17.5 Å². The quantitative estimate of drug-likeness (QED) is 0.778. The van der Waals surface area contributed by atoms with Gasteiger partial charge in [-0.15, -0.1) is 0 Å². The first kappa shape index (κ1) is 19.0. The van der Waals surface area contributed by atoms with Crippen molar-refractivity contribution >= 4 is 10.0 Å². The lowest BCUT2D eigenvalue weighted by Gasteiger charge is -2.34. The molecule has 0 unspecified atom stereocenters. The highest BCUT2D eigenvalue weighted by Gasteiger charge is 2.28. The number of sulfonamides is 1. The molecule has 1 aliphatic heterocycles. The molecule has 0 saturated carbocycles. The van der Waals surface area contributed by atoms with Gasteiger partial charge in [-0.05, 0) is 50.1 Å². The Morgan fingerprint density at radius 1 is 0.962 bits per heavy atom. The number of halogens is 1. The first-order valence-electron chi connectivity index (χ1n) is 8.99. The maximum atomic E-state index is 13.6. The molecule has 0 aliphatic carbocycles. The fraction of sp³-hybridized carbons (Fsp3) is 0.400. The van der Waals surface area contributed by atoms with Crippen molar-refractivity contribution < 1.29 is 12.8 Å². The molecule has 1 heterocycles. The molecule has 1 aliphatic rings. The van der Waals surface area contributed by atoms with Gasteiger partial charge in [0.1, 0.15) is 5.82 Å². The fourth-order valence-electron chi connectivity index (χ4n) is 3.25. The van der Waals surface area contributed by atoms with Crippen molar-refractivity contribution in [2.75, 3.05) is 32.7 Å². The summed E-state index contributed by atoms with van der Waals surface area (Å²) in [5.41, 5.74) is 1.79. The van der Waals surface area contributed by atoms with E-state index in [4.69, 9.17) is 0 Å². The summed E-state index contributed by atoms with van der Waals surface area (Å²) in [6.45, 7) is 5.21. The number of piperazine rings is 1. The minimum atomic E-state index is -3.41. The van der Waals surface area contributed by atoms with Crippen molar-refractivity contribution in [2.24, 2.45) is 0 Å². The monoisotopic (exact) mass is 376 g/mol. The van der Waals surface area contributed by atoms with E-state index in [-0.39, 0.29) is 5.82 Å². The summed E-state index contributed by atoms with van der Waals surface area (Å²) in [6, 6.07) is 13.9. The fourth-order valence-corrected chi connectivity index (χ4v) is 4.67. The zero-order valence-electron chi connectivity index (χ0n) is 15.1. The molecule has 0 N–H and O–H groups in total. The van der Waals surface area contributed by atoms with Gasteiger partial charge in [-0.3, -0.25) is 0 Å². The van der Waals surface area contributed by atoms with Gasteiger partial charge in [0, 0.05) is 26.2 Å². The van der Waals surface area contributed by atoms with E-state index in [1.165, 1.54) is 6.07 Å². The molecular weight excluding hydrogens is 351 g/mol. The molecule has 2 aromatic rings. The summed E-state index contributed by atoms with van der Waals surface area (Å²) in [5, 5.41) is 0. The molecule has 3 rings (SSSR count). The van der Waals surface area contributed by atoms with Gasteiger partial charge in [-0.2, -0.15) is 4.31 Å². The van der Waals surface area contributed by atoms with Crippen LogP contribution in [-0.4, -0.2) is 50.3 Å². The lowest BCUT2D eigenvalue weighted by atomic mass is 10.1. The Morgan fingerprint density at radius 2 is 1.62 bits per heavy atom. The molecule has 1 fully saturated rings. The number of hydrogen-bond acceptors (Lipinski definition) is 3. The minimum absolute atomic E-state index is 0.151. The third kappa shape index (κ3) is 4.50. The van der Waals surface area contributed by atoms with E-state index in [0.717, 1.165) is 24.1 Å². The maximum absolute atomic E-state index is 13.6. The third-order valence-electron chi connectivity index (χ3n) is 4.87. The Morgan fingerprint density at radius 3 is 2.27 bits per heavy atom. The second-order valence-electron chi connectivity index (χ2n) is 6.75. The lowest BCUT2D eigenvalue weighted by Crippen LogP contribution is -2.48. The van der Waals surface area contributed by atoms with Crippen LogP contribution in [0.4, 0.5) is 4.39 Å². The molecule has 0 radical (unpaired) electrons. The molecule has 26 heavy (non-hydrogen) atoms. The van der Waals surface area contributed by atoms with Gasteiger partial charge in [0.15, 0.2) is 0 Å². The van der Waals surface area contributed by atoms with Crippen LogP contribution in [0.15, 0.2) is 53.4 Å². The first-order chi connectivity index (χ1) is 12.5. The van der Waals surface area contributed by atoms with E-state index in [9.17, 15) is 12.8 Å². The number of nitrogens with zero attached hydrogens (tertiary/aromatic N) is 2. The summed E-state index contributed by atoms with van der Waals surface area (Å²) >= 11 is 0. The van der Waals surface area contributed by atoms with E-state index in [1.807, 2.05) is 31.2 Å². The minimum Gasteiger partial charge on any atom is -0.301 e. The van der Waals surface area contributed by atoms with E-state index in [1.54, 1.807) is 22.5 Å². The Hall–Kier alpha value is -1.76. The molecule has 4 nitrogen and oxygen atoms in total. The second-order valence-corrected chi connectivity index (χ2v) is 8.69. The molecular formula is C20H25FN2O2S. The van der Waals surface area contributed by atoms with E-state index >= 15 is 0 Å². The molecule has 0 atom stereocenters. The van der Waals surface area contributed by atoms with Gasteiger partial charge in [-0.25, -0.2) is 12.8 Å². The topological polar surface area (TPSA) is 40.6 Å². The molecule has 0 amide bonds. The highest BCUT2D eigenvalue weighted by Crippen LogP contribution is 2.18. The molecule has 140 valence electrons. The van der Waals surface area contributed by atoms with Gasteiger partial charge in [-0.1, -0.05) is 35.9 Å². The van der Waals surface area contributed by atoms with Crippen molar-refractivity contribution in [1.29, 1.82) is 0 Å². The summed E-state index contributed by atoms with van der Waals surface area (Å²) in [4.78, 5) is 2.61. The van der Waals surface area contributed by atoms with Gasteiger partial charge in [0.25, 0.3) is 0 Å². The number of rotatable bonds is 6. The number of aryl methyl sites for hydroxylation is 2. The largest absolute Gasteiger partial charge is 0.301 e. The average Bonchev–Trinajstić information content (AvgIpc) is 2.64. The normalized spacial score (nSPS) is 16.7. The predicted molar refractivity (Wildman–Crippen MR) is 101 cm³/mol. The highest BCUT2D eigenvalue weighted by atomic mass is 32.2. The first-order valence-corrected chi connectivity index (χ1v) is 10.4. The molecule has 0 spiro atoms. The van der Waals surface area contributed by atoms with Gasteiger partial charge in [0.2, 0.25) is 10.0 Å². The van der Waals surface area contributed by atoms with Gasteiger partial charge < -0.3 is 4.90 Å². The van der Waals surface area contributed by atoms with Crippen LogP contribution in [0.3, 0.4) is 0 Å². The van der Waals surface area contributed by atoms with Crippen LogP contribution in [0.2, 0.25) is 0 Å². The van der Waals surface area contributed by atoms with Crippen LogP contribution in [-0.2, 0) is 16.4 Å². The lowest BCUT2D eigenvalue weighted by molar-refractivity contribution is 0.186. The summed E-state index contributed by atoms with van der Waals surface area (Å²) in [5.74, 6) is -0.151. The molecule has 0 aromatic heterocycles. The van der Waals surface area contributed by atoms with Crippen LogP contribution in [0.25, 0.3) is 0 Å². The molecule has 0 bridgehead atoms. The molecule has 2 aromatic carbocycles. The Bertz CT molecular complexity index is 829. The van der Waals surface area contributed by atoms with Gasteiger partial charge in [0.05, 0.1) is 4.90 Å². The summed E-state index contributed by atoms with van der Waals surface area (Å²) < 4.78 is 40.6. The smallest absolute Gasteiger partial charge is 0.243 e. The van der Waals surface area contributed by atoms with Crippen molar-refractivity contribution in [1.82, 2.24) is 9.21 Å². The Kier molecular flexibility index (Phi) is 6.06. The van der Waals surface area contributed by atoms with E-state index in [0.29, 0.717) is 37.5 Å². The molecule has 6 heteroatoms. The number of hydrogen-bond donors (Lipinski definition) is 0. The predicted octanol–water partition coefficient (Wildman–Crippen LogP) is 3.07. The standard InChI is InChI=1S/C20H25FN2O2S/c1-17-8-10-19(11-9-17)26(24,25)23-15-13-22(14-16-23)12-4-6-18-5-2-3-7-20(18)21/h2-3,5,7-11H,4,6,12-16H2,1H3. The second kappa shape index (κ2) is 8.29. The SMILES string of the molecule is Cc1ccc(S(=O)(=O)N2CCN(CCCc3ccccc3F)CC2)cc1. The van der Waals surface area contributed by atoms with Crippen LogP contribution in [0, 0.1) is 12.7 Å². The Balaban J connectivity index is 1.49. The third-order valence-corrected chi connectivity index (χ3v) is 6.78. The van der Waals surface area contributed by atoms with Crippen molar-refractivity contribution in [3.05, 3.63) is 65.5 Å². The van der Waals surface area contributed by atoms with Crippen molar-refractivity contribution in [2.45, 2.75) is 24.7 Å². The van der Waals surface area contributed by atoms with Gasteiger partial charge >= 0.3 is 0 Å². The molecule has 1 saturated heterocycles. The zero-order chi connectivity index (χ0) is 18.6. The summed E-state index contributed by atoms with van der Waals surface area (Å²) in [6.07, 6.45) is 1.57. The highest BCUT2D eigenvalue weighted by molar-refractivity contribution is 7.89. The van der Waals surface area contributed by atoms with E-state index in [2.05, 4.69) is 4.90 Å². The van der Waals surface area contributed by atoms with Crippen LogP contribution < -0.4 is 0 Å². The number of benzene rings is 2. The van der Waals surface area contributed by atoms with Crippen LogP contribution >= 0.6 is 0 Å². The zero-order valence-corrected chi connectivity index (χ0v) is 15.9. The van der Waals surface area contributed by atoms with Crippen molar-refractivity contribution in [3.8, 4) is 0 Å². The Labute approximate surface area is 155 Å². The van der Waals surface area contributed by atoms with Crippen LogP contribution in [0.5, 0.6) is 0 Å².